The lowest BCUT2D eigenvalue weighted by Gasteiger charge is -2.12. The second kappa shape index (κ2) is 4.57. The van der Waals surface area contributed by atoms with Gasteiger partial charge in [0.25, 0.3) is 0 Å². The van der Waals surface area contributed by atoms with Gasteiger partial charge in [-0.1, -0.05) is 30.3 Å². The van der Waals surface area contributed by atoms with Crippen LogP contribution in [0.1, 0.15) is 5.56 Å². The molecule has 0 spiro atoms. The van der Waals surface area contributed by atoms with Gasteiger partial charge in [0.1, 0.15) is 5.75 Å². The highest BCUT2D eigenvalue weighted by Gasteiger charge is 2.31. The summed E-state index contributed by atoms with van der Waals surface area (Å²) in [6.07, 6.45) is -4.58. The normalized spacial score (nSPS) is 11.2. The van der Waals surface area contributed by atoms with Crippen LogP contribution >= 0.6 is 0 Å². The monoisotopic (exact) mass is 251 g/mol. The van der Waals surface area contributed by atoms with Gasteiger partial charge in [0, 0.05) is 5.39 Å². The number of halogens is 3. The molecule has 0 heterocycles. The molecule has 0 aliphatic heterocycles. The van der Waals surface area contributed by atoms with Gasteiger partial charge in [0.2, 0.25) is 0 Å². The number of fused-ring (bicyclic) bond motifs is 1. The molecule has 0 saturated carbocycles. The SMILES string of the molecule is N#CCc1cccc2c(OC(F)(F)F)cccc12. The molecule has 0 fully saturated rings. The Bertz CT molecular complexity index is 614. The summed E-state index contributed by atoms with van der Waals surface area (Å²) in [6, 6.07) is 11.2. The van der Waals surface area contributed by atoms with Crippen molar-refractivity contribution in [3.05, 3.63) is 42.0 Å². The van der Waals surface area contributed by atoms with Crippen molar-refractivity contribution in [1.29, 1.82) is 5.26 Å². The Morgan fingerprint density at radius 1 is 1.06 bits per heavy atom. The van der Waals surface area contributed by atoms with E-state index in [1.54, 1.807) is 18.2 Å². The molecular formula is C13H8F3NO. The second-order valence-electron chi connectivity index (χ2n) is 3.65. The molecule has 0 aliphatic rings. The van der Waals surface area contributed by atoms with Crippen molar-refractivity contribution in [2.24, 2.45) is 0 Å². The third kappa shape index (κ3) is 2.54. The Kier molecular flexibility index (Phi) is 3.11. The third-order valence-corrected chi connectivity index (χ3v) is 2.47. The molecule has 2 rings (SSSR count). The number of ether oxygens (including phenoxy) is 1. The zero-order chi connectivity index (χ0) is 13.2. The van der Waals surface area contributed by atoms with Crippen LogP contribution < -0.4 is 4.74 Å². The minimum Gasteiger partial charge on any atom is -0.405 e. The summed E-state index contributed by atoms with van der Waals surface area (Å²) < 4.78 is 40.7. The van der Waals surface area contributed by atoms with E-state index in [1.807, 2.05) is 6.07 Å². The molecule has 0 atom stereocenters. The zero-order valence-corrected chi connectivity index (χ0v) is 9.16. The first-order valence-corrected chi connectivity index (χ1v) is 5.14. The van der Waals surface area contributed by atoms with E-state index in [-0.39, 0.29) is 12.2 Å². The predicted molar refractivity (Wildman–Crippen MR) is 59.9 cm³/mol. The number of benzene rings is 2. The average Bonchev–Trinajstić information content (AvgIpc) is 2.29. The van der Waals surface area contributed by atoms with Crippen molar-refractivity contribution in [3.8, 4) is 11.8 Å². The fraction of sp³-hybridized carbons (Fsp3) is 0.154. The molecule has 0 N–H and O–H groups in total. The summed E-state index contributed by atoms with van der Waals surface area (Å²) in [5, 5.41) is 9.62. The van der Waals surface area contributed by atoms with E-state index >= 15 is 0 Å². The van der Waals surface area contributed by atoms with E-state index in [0.717, 1.165) is 0 Å². The van der Waals surface area contributed by atoms with Gasteiger partial charge in [0.15, 0.2) is 0 Å². The number of rotatable bonds is 2. The van der Waals surface area contributed by atoms with Crippen molar-refractivity contribution in [1.82, 2.24) is 0 Å². The Morgan fingerprint density at radius 2 is 1.72 bits per heavy atom. The largest absolute Gasteiger partial charge is 0.573 e. The highest BCUT2D eigenvalue weighted by atomic mass is 19.4. The first-order chi connectivity index (χ1) is 8.51. The molecule has 0 radical (unpaired) electrons. The smallest absolute Gasteiger partial charge is 0.405 e. The van der Waals surface area contributed by atoms with Crippen LogP contribution in [-0.2, 0) is 6.42 Å². The number of alkyl halides is 3. The van der Waals surface area contributed by atoms with E-state index in [0.29, 0.717) is 16.3 Å². The van der Waals surface area contributed by atoms with Crippen LogP contribution in [0.25, 0.3) is 10.8 Å². The van der Waals surface area contributed by atoms with Gasteiger partial charge in [0.05, 0.1) is 12.5 Å². The van der Waals surface area contributed by atoms with Gasteiger partial charge in [-0.2, -0.15) is 5.26 Å². The van der Waals surface area contributed by atoms with E-state index < -0.39 is 6.36 Å². The topological polar surface area (TPSA) is 33.0 Å². The van der Waals surface area contributed by atoms with Crippen molar-refractivity contribution in [2.45, 2.75) is 12.8 Å². The number of hydrogen-bond acceptors (Lipinski definition) is 2. The quantitative estimate of drug-likeness (QED) is 0.813. The molecule has 0 unspecified atom stereocenters. The van der Waals surface area contributed by atoms with Gasteiger partial charge in [-0.15, -0.1) is 13.2 Å². The molecule has 0 aliphatic carbocycles. The van der Waals surface area contributed by atoms with E-state index in [9.17, 15) is 13.2 Å². The number of nitrogens with zero attached hydrogens (tertiary/aromatic N) is 1. The summed E-state index contributed by atoms with van der Waals surface area (Å²) in [5.41, 5.74) is 0.683. The molecule has 2 nitrogen and oxygen atoms in total. The predicted octanol–water partition coefficient (Wildman–Crippen LogP) is 3.80. The molecule has 0 bridgehead atoms. The lowest BCUT2D eigenvalue weighted by Crippen LogP contribution is -2.17. The second-order valence-corrected chi connectivity index (χ2v) is 3.65. The summed E-state index contributed by atoms with van der Waals surface area (Å²) in [7, 11) is 0. The lowest BCUT2D eigenvalue weighted by atomic mass is 10.0. The molecule has 2 aromatic rings. The summed E-state index contributed by atoms with van der Waals surface area (Å²) in [6.45, 7) is 0. The number of nitriles is 1. The molecule has 0 saturated heterocycles. The van der Waals surface area contributed by atoms with E-state index in [1.165, 1.54) is 18.2 Å². The van der Waals surface area contributed by atoms with Crippen molar-refractivity contribution >= 4 is 10.8 Å². The standard InChI is InChI=1S/C13H8F3NO/c14-13(15,16)18-12-6-2-4-10-9(7-8-17)3-1-5-11(10)12/h1-6H,7H2. The van der Waals surface area contributed by atoms with Crippen molar-refractivity contribution < 1.29 is 17.9 Å². The highest BCUT2D eigenvalue weighted by molar-refractivity contribution is 5.91. The minimum absolute atomic E-state index is 0.146. The molecular weight excluding hydrogens is 243 g/mol. The average molecular weight is 251 g/mol. The summed E-state index contributed by atoms with van der Waals surface area (Å²) in [4.78, 5) is 0. The fourth-order valence-corrected chi connectivity index (χ4v) is 1.80. The van der Waals surface area contributed by atoms with Gasteiger partial charge >= 0.3 is 6.36 Å². The summed E-state index contributed by atoms with van der Waals surface area (Å²) >= 11 is 0. The Hall–Kier alpha value is -2.22. The van der Waals surface area contributed by atoms with Crippen molar-refractivity contribution in [3.63, 3.8) is 0 Å². The van der Waals surface area contributed by atoms with Gasteiger partial charge in [-0.3, -0.25) is 0 Å². The highest BCUT2D eigenvalue weighted by Crippen LogP contribution is 2.32. The third-order valence-electron chi connectivity index (χ3n) is 2.47. The van der Waals surface area contributed by atoms with Crippen LogP contribution in [0.2, 0.25) is 0 Å². The Morgan fingerprint density at radius 3 is 2.39 bits per heavy atom. The maximum Gasteiger partial charge on any atom is 0.573 e. The number of hydrogen-bond donors (Lipinski definition) is 0. The van der Waals surface area contributed by atoms with Crippen LogP contribution in [0, 0.1) is 11.3 Å². The van der Waals surface area contributed by atoms with Crippen LogP contribution in [0.5, 0.6) is 5.75 Å². The zero-order valence-electron chi connectivity index (χ0n) is 9.16. The fourth-order valence-electron chi connectivity index (χ4n) is 1.80. The van der Waals surface area contributed by atoms with Gasteiger partial charge in [-0.05, 0) is 17.0 Å². The first kappa shape index (κ1) is 12.2. The molecule has 0 aromatic heterocycles. The molecule has 5 heteroatoms. The van der Waals surface area contributed by atoms with Crippen LogP contribution in [-0.4, -0.2) is 6.36 Å². The summed E-state index contributed by atoms with van der Waals surface area (Å²) in [5.74, 6) is -0.250. The van der Waals surface area contributed by atoms with E-state index in [2.05, 4.69) is 4.74 Å². The Labute approximate surface area is 101 Å². The molecule has 0 amide bonds. The van der Waals surface area contributed by atoms with Crippen molar-refractivity contribution in [2.75, 3.05) is 0 Å². The first-order valence-electron chi connectivity index (χ1n) is 5.14. The van der Waals surface area contributed by atoms with Crippen LogP contribution in [0.4, 0.5) is 13.2 Å². The maximum atomic E-state index is 12.2. The van der Waals surface area contributed by atoms with Crippen LogP contribution in [0.15, 0.2) is 36.4 Å². The molecule has 2 aromatic carbocycles. The Balaban J connectivity index is 2.57. The molecule has 92 valence electrons. The minimum atomic E-state index is -4.72. The molecule has 18 heavy (non-hydrogen) atoms. The van der Waals surface area contributed by atoms with Crippen LogP contribution in [0.3, 0.4) is 0 Å². The maximum absolute atomic E-state index is 12.2. The lowest BCUT2D eigenvalue weighted by molar-refractivity contribution is -0.274. The van der Waals surface area contributed by atoms with Gasteiger partial charge in [-0.25, -0.2) is 0 Å². The van der Waals surface area contributed by atoms with Gasteiger partial charge < -0.3 is 4.74 Å². The van der Waals surface area contributed by atoms with E-state index in [4.69, 9.17) is 5.26 Å².